The molecule has 18 heavy (non-hydrogen) atoms. The molecule has 0 bridgehead atoms. The lowest BCUT2D eigenvalue weighted by atomic mass is 10.1. The Morgan fingerprint density at radius 3 is 2.39 bits per heavy atom. The minimum Gasteiger partial charge on any atom is -0.410 e. The first-order chi connectivity index (χ1) is 8.88. The smallest absolute Gasteiger partial charge is 0.112 e. The molecule has 0 saturated heterocycles. The first-order valence-electron chi connectivity index (χ1n) is 5.65. The highest BCUT2D eigenvalue weighted by Gasteiger charge is 2.03. The maximum Gasteiger partial charge on any atom is 0.112 e. The number of nitrogens with zero attached hydrogens (tertiary/aromatic N) is 1. The summed E-state index contributed by atoms with van der Waals surface area (Å²) in [6, 6.07) is 20.0. The molecule has 0 amide bonds. The van der Waals surface area contributed by atoms with Crippen molar-refractivity contribution in [2.45, 2.75) is 0 Å². The molecular formula is C15H11NOS. The van der Waals surface area contributed by atoms with Gasteiger partial charge in [-0.15, -0.1) is 11.3 Å². The summed E-state index contributed by atoms with van der Waals surface area (Å²) in [6.45, 7) is 0. The van der Waals surface area contributed by atoms with E-state index < -0.39 is 0 Å². The first-order valence-corrected chi connectivity index (χ1v) is 6.46. The van der Waals surface area contributed by atoms with Crippen molar-refractivity contribution in [1.82, 2.24) is 0 Å². The van der Waals surface area contributed by atoms with E-state index >= 15 is 0 Å². The summed E-state index contributed by atoms with van der Waals surface area (Å²) in [5.74, 6) is 0. The minimum atomic E-state index is 0.614. The Balaban J connectivity index is 2.34. The molecule has 0 aliphatic rings. The van der Waals surface area contributed by atoms with Crippen LogP contribution in [0.1, 0.15) is 0 Å². The van der Waals surface area contributed by atoms with Crippen LogP contribution in [-0.2, 0) is 0 Å². The van der Waals surface area contributed by atoms with Crippen LogP contribution in [0.5, 0.6) is 0 Å². The molecule has 0 saturated carbocycles. The molecule has 0 atom stereocenters. The van der Waals surface area contributed by atoms with Gasteiger partial charge in [-0.3, -0.25) is 0 Å². The third-order valence-electron chi connectivity index (χ3n) is 2.82. The zero-order valence-electron chi connectivity index (χ0n) is 9.58. The largest absolute Gasteiger partial charge is 0.410 e. The van der Waals surface area contributed by atoms with Gasteiger partial charge >= 0.3 is 0 Å². The van der Waals surface area contributed by atoms with Crippen LogP contribution in [0.4, 0.5) is 0 Å². The molecule has 1 N–H and O–H groups in total. The molecule has 1 aromatic heterocycles. The highest BCUT2D eigenvalue weighted by molar-refractivity contribution is 7.21. The normalized spacial score (nSPS) is 11.9. The number of rotatable bonds is 1. The first kappa shape index (κ1) is 11.0. The van der Waals surface area contributed by atoms with Gasteiger partial charge in [-0.05, 0) is 17.7 Å². The fourth-order valence-corrected chi connectivity index (χ4v) is 3.04. The molecule has 0 fully saturated rings. The third-order valence-corrected chi connectivity index (χ3v) is 3.97. The van der Waals surface area contributed by atoms with E-state index in [2.05, 4.69) is 17.3 Å². The summed E-state index contributed by atoms with van der Waals surface area (Å²) in [7, 11) is 0. The van der Waals surface area contributed by atoms with Crippen LogP contribution in [0.3, 0.4) is 0 Å². The highest BCUT2D eigenvalue weighted by atomic mass is 32.1. The van der Waals surface area contributed by atoms with E-state index in [1.807, 2.05) is 48.5 Å². The topological polar surface area (TPSA) is 32.6 Å². The molecule has 0 radical (unpaired) electrons. The van der Waals surface area contributed by atoms with E-state index in [0.717, 1.165) is 20.5 Å². The lowest BCUT2D eigenvalue weighted by molar-refractivity contribution is 0.303. The number of fused-ring (bicyclic) bond motifs is 1. The van der Waals surface area contributed by atoms with Gasteiger partial charge in [0.2, 0.25) is 0 Å². The van der Waals surface area contributed by atoms with E-state index in [0.29, 0.717) is 5.36 Å². The maximum absolute atomic E-state index is 9.14. The molecule has 0 aliphatic heterocycles. The second-order valence-corrected chi connectivity index (χ2v) is 5.04. The fourth-order valence-electron chi connectivity index (χ4n) is 1.94. The van der Waals surface area contributed by atoms with Crippen molar-refractivity contribution >= 4 is 21.4 Å². The second-order valence-electron chi connectivity index (χ2n) is 3.96. The molecule has 1 heterocycles. The Morgan fingerprint density at radius 2 is 1.61 bits per heavy atom. The van der Waals surface area contributed by atoms with Gasteiger partial charge in [0.25, 0.3) is 0 Å². The Morgan fingerprint density at radius 1 is 0.889 bits per heavy atom. The van der Waals surface area contributed by atoms with E-state index in [-0.39, 0.29) is 0 Å². The van der Waals surface area contributed by atoms with Crippen LogP contribution < -0.4 is 5.36 Å². The second kappa shape index (κ2) is 4.63. The average molecular weight is 253 g/mol. The van der Waals surface area contributed by atoms with Crippen LogP contribution in [-0.4, -0.2) is 5.21 Å². The summed E-state index contributed by atoms with van der Waals surface area (Å²) in [5.41, 5.74) is 1.14. The summed E-state index contributed by atoms with van der Waals surface area (Å²) < 4.78 is 1.12. The van der Waals surface area contributed by atoms with Crippen LogP contribution in [0.25, 0.3) is 20.5 Å². The van der Waals surface area contributed by atoms with Gasteiger partial charge in [-0.2, -0.15) is 0 Å². The van der Waals surface area contributed by atoms with Crippen molar-refractivity contribution in [3.63, 3.8) is 0 Å². The third kappa shape index (κ3) is 1.89. The number of hydrogen-bond donors (Lipinski definition) is 1. The van der Waals surface area contributed by atoms with Crippen molar-refractivity contribution in [3.8, 4) is 10.4 Å². The van der Waals surface area contributed by atoms with Crippen molar-refractivity contribution in [3.05, 3.63) is 66.0 Å². The summed E-state index contributed by atoms with van der Waals surface area (Å²) in [5, 5.41) is 14.1. The lowest BCUT2D eigenvalue weighted by Crippen LogP contribution is -2.01. The van der Waals surface area contributed by atoms with Crippen LogP contribution in [0, 0.1) is 0 Å². The van der Waals surface area contributed by atoms with Gasteiger partial charge < -0.3 is 5.21 Å². The summed E-state index contributed by atoms with van der Waals surface area (Å²) in [4.78, 5) is 1.10. The predicted molar refractivity (Wildman–Crippen MR) is 74.6 cm³/mol. The number of hydrogen-bond acceptors (Lipinski definition) is 3. The van der Waals surface area contributed by atoms with Crippen molar-refractivity contribution < 1.29 is 5.21 Å². The van der Waals surface area contributed by atoms with E-state index in [1.165, 1.54) is 0 Å². The maximum atomic E-state index is 9.14. The number of benzene rings is 2. The van der Waals surface area contributed by atoms with Crippen LogP contribution in [0.15, 0.2) is 65.8 Å². The fraction of sp³-hybridized carbons (Fsp3) is 0. The molecule has 2 aromatic carbocycles. The summed E-state index contributed by atoms with van der Waals surface area (Å²) in [6.07, 6.45) is 0. The Bertz CT molecular complexity index is 747. The van der Waals surface area contributed by atoms with Gasteiger partial charge in [-0.25, -0.2) is 0 Å². The van der Waals surface area contributed by atoms with Crippen LogP contribution in [0.2, 0.25) is 0 Å². The summed E-state index contributed by atoms with van der Waals surface area (Å²) >= 11 is 1.70. The monoisotopic (exact) mass is 253 g/mol. The molecule has 3 aromatic rings. The van der Waals surface area contributed by atoms with Crippen molar-refractivity contribution in [2.75, 3.05) is 0 Å². The predicted octanol–water partition coefficient (Wildman–Crippen LogP) is 3.86. The van der Waals surface area contributed by atoms with E-state index in [4.69, 9.17) is 5.21 Å². The Hall–Kier alpha value is -2.13. The standard InChI is InChI=1S/C15H11NOS/c17-16-13-10-15(11-6-2-1-3-7-11)18-14-9-5-4-8-12(13)14/h1-10,17H/b16-13+. The highest BCUT2D eigenvalue weighted by Crippen LogP contribution is 2.27. The molecule has 3 rings (SSSR count). The van der Waals surface area contributed by atoms with Gasteiger partial charge in [-0.1, -0.05) is 53.7 Å². The molecule has 2 nitrogen and oxygen atoms in total. The zero-order valence-corrected chi connectivity index (χ0v) is 10.4. The quantitative estimate of drug-likeness (QED) is 0.518. The van der Waals surface area contributed by atoms with Gasteiger partial charge in [0.05, 0.1) is 0 Å². The SMILES string of the molecule is O/N=c1\cc(-c2ccccc2)sc2ccccc12. The molecule has 88 valence electrons. The minimum absolute atomic E-state index is 0.614. The molecule has 0 aliphatic carbocycles. The lowest BCUT2D eigenvalue weighted by Gasteiger charge is -2.03. The van der Waals surface area contributed by atoms with Crippen molar-refractivity contribution in [1.29, 1.82) is 0 Å². The van der Waals surface area contributed by atoms with Gasteiger partial charge in [0, 0.05) is 15.0 Å². The average Bonchev–Trinajstić information content (AvgIpc) is 2.47. The zero-order chi connectivity index (χ0) is 12.4. The molecule has 3 heteroatoms. The van der Waals surface area contributed by atoms with E-state index in [1.54, 1.807) is 11.3 Å². The van der Waals surface area contributed by atoms with Crippen molar-refractivity contribution in [2.24, 2.45) is 5.16 Å². The van der Waals surface area contributed by atoms with Gasteiger partial charge in [0.1, 0.15) is 5.36 Å². The Kier molecular flexibility index (Phi) is 2.82. The molecule has 0 unspecified atom stereocenters. The van der Waals surface area contributed by atoms with Crippen LogP contribution >= 0.6 is 11.3 Å². The Labute approximate surface area is 108 Å². The van der Waals surface area contributed by atoms with E-state index in [9.17, 15) is 0 Å². The molecule has 0 spiro atoms. The molecular weight excluding hydrogens is 242 g/mol. The van der Waals surface area contributed by atoms with Gasteiger partial charge in [0.15, 0.2) is 0 Å².